The molecule has 0 aromatic heterocycles. The molecule has 0 aliphatic carbocycles. The minimum atomic E-state index is -0.822. The standard InChI is InChI=1S/C11H16O4/c1-4-5-6-7-8-9(10(12)14-2)11(13)15-3/h1,9H,5-8H2,2-3H3. The molecule has 0 aliphatic rings. The fourth-order valence-corrected chi connectivity index (χ4v) is 1.19. The van der Waals surface area contributed by atoms with Crippen molar-refractivity contribution in [2.45, 2.75) is 25.7 Å². The summed E-state index contributed by atoms with van der Waals surface area (Å²) in [7, 11) is 2.50. The van der Waals surface area contributed by atoms with Crippen LogP contribution in [0.5, 0.6) is 0 Å². The minimum absolute atomic E-state index is 0.418. The van der Waals surface area contributed by atoms with Crippen molar-refractivity contribution in [1.82, 2.24) is 0 Å². The minimum Gasteiger partial charge on any atom is -0.468 e. The number of unbranched alkanes of at least 4 members (excludes halogenated alkanes) is 2. The molecule has 0 saturated heterocycles. The first-order chi connectivity index (χ1) is 7.17. The maximum Gasteiger partial charge on any atom is 0.320 e. The first kappa shape index (κ1) is 13.5. The van der Waals surface area contributed by atoms with Crippen LogP contribution in [0.4, 0.5) is 0 Å². The van der Waals surface area contributed by atoms with Crippen molar-refractivity contribution in [1.29, 1.82) is 0 Å². The van der Waals surface area contributed by atoms with E-state index >= 15 is 0 Å². The third-order valence-electron chi connectivity index (χ3n) is 2.04. The number of hydrogen-bond acceptors (Lipinski definition) is 4. The molecule has 0 unspecified atom stereocenters. The lowest BCUT2D eigenvalue weighted by molar-refractivity contribution is -0.159. The van der Waals surface area contributed by atoms with E-state index in [1.54, 1.807) is 0 Å². The first-order valence-electron chi connectivity index (χ1n) is 4.76. The van der Waals surface area contributed by atoms with Gasteiger partial charge in [0, 0.05) is 6.42 Å². The highest BCUT2D eigenvalue weighted by atomic mass is 16.5. The summed E-state index contributed by atoms with van der Waals surface area (Å²) in [6.07, 6.45) is 7.65. The fourth-order valence-electron chi connectivity index (χ4n) is 1.19. The summed E-state index contributed by atoms with van der Waals surface area (Å²) < 4.78 is 9.02. The zero-order valence-electron chi connectivity index (χ0n) is 9.12. The Labute approximate surface area is 89.9 Å². The van der Waals surface area contributed by atoms with Crippen LogP contribution in [0.3, 0.4) is 0 Å². The van der Waals surface area contributed by atoms with E-state index in [-0.39, 0.29) is 0 Å². The molecule has 4 nitrogen and oxygen atoms in total. The highest BCUT2D eigenvalue weighted by Gasteiger charge is 2.27. The quantitative estimate of drug-likeness (QED) is 0.287. The lowest BCUT2D eigenvalue weighted by atomic mass is 10.0. The second-order valence-corrected chi connectivity index (χ2v) is 3.05. The number of methoxy groups -OCH3 is 2. The van der Waals surface area contributed by atoms with Gasteiger partial charge in [0.15, 0.2) is 5.92 Å². The molecule has 0 fully saturated rings. The molecule has 4 heteroatoms. The van der Waals surface area contributed by atoms with Gasteiger partial charge in [-0.3, -0.25) is 9.59 Å². The van der Waals surface area contributed by atoms with Gasteiger partial charge in [-0.2, -0.15) is 0 Å². The SMILES string of the molecule is C#CCCCCC(C(=O)OC)C(=O)OC. The van der Waals surface area contributed by atoms with E-state index in [9.17, 15) is 9.59 Å². The number of carbonyl (C=O) groups is 2. The molecule has 0 aromatic carbocycles. The van der Waals surface area contributed by atoms with Gasteiger partial charge in [-0.1, -0.05) is 6.42 Å². The van der Waals surface area contributed by atoms with E-state index in [0.29, 0.717) is 19.3 Å². The largest absolute Gasteiger partial charge is 0.468 e. The van der Waals surface area contributed by atoms with Crippen LogP contribution in [0.1, 0.15) is 25.7 Å². The Morgan fingerprint density at radius 1 is 1.20 bits per heavy atom. The van der Waals surface area contributed by atoms with E-state index in [4.69, 9.17) is 6.42 Å². The number of carbonyl (C=O) groups excluding carboxylic acids is 2. The molecule has 84 valence electrons. The van der Waals surface area contributed by atoms with Crippen LogP contribution < -0.4 is 0 Å². The van der Waals surface area contributed by atoms with Crippen LogP contribution in [-0.2, 0) is 19.1 Å². The smallest absolute Gasteiger partial charge is 0.320 e. The lowest BCUT2D eigenvalue weighted by Crippen LogP contribution is -2.26. The molecule has 0 saturated carbocycles. The van der Waals surface area contributed by atoms with Crippen molar-refractivity contribution in [3.8, 4) is 12.3 Å². The lowest BCUT2D eigenvalue weighted by Gasteiger charge is -2.11. The van der Waals surface area contributed by atoms with E-state index in [1.807, 2.05) is 0 Å². The second kappa shape index (κ2) is 7.86. The van der Waals surface area contributed by atoms with Crippen LogP contribution >= 0.6 is 0 Å². The van der Waals surface area contributed by atoms with Gasteiger partial charge in [0.1, 0.15) is 0 Å². The van der Waals surface area contributed by atoms with Crippen molar-refractivity contribution in [3.63, 3.8) is 0 Å². The monoisotopic (exact) mass is 212 g/mol. The van der Waals surface area contributed by atoms with E-state index in [0.717, 1.165) is 6.42 Å². The van der Waals surface area contributed by atoms with Crippen molar-refractivity contribution < 1.29 is 19.1 Å². The van der Waals surface area contributed by atoms with Gasteiger partial charge in [0.2, 0.25) is 0 Å². The Morgan fingerprint density at radius 3 is 2.13 bits per heavy atom. The number of terminal acetylenes is 1. The Bertz CT molecular complexity index is 236. The number of hydrogen-bond donors (Lipinski definition) is 0. The van der Waals surface area contributed by atoms with E-state index in [1.165, 1.54) is 14.2 Å². The van der Waals surface area contributed by atoms with Crippen LogP contribution in [0.15, 0.2) is 0 Å². The Morgan fingerprint density at radius 2 is 1.73 bits per heavy atom. The molecular formula is C11H16O4. The molecule has 0 heterocycles. The molecule has 0 amide bonds. The molecule has 0 aromatic rings. The van der Waals surface area contributed by atoms with Gasteiger partial charge in [0.25, 0.3) is 0 Å². The maximum atomic E-state index is 11.2. The van der Waals surface area contributed by atoms with E-state index in [2.05, 4.69) is 15.4 Å². The van der Waals surface area contributed by atoms with Crippen LogP contribution in [0.25, 0.3) is 0 Å². The molecule has 0 radical (unpaired) electrons. The molecule has 0 rings (SSSR count). The topological polar surface area (TPSA) is 52.6 Å². The summed E-state index contributed by atoms with van der Waals surface area (Å²) in [5.41, 5.74) is 0. The van der Waals surface area contributed by atoms with Crippen molar-refractivity contribution in [2.75, 3.05) is 14.2 Å². The highest BCUT2D eigenvalue weighted by molar-refractivity contribution is 5.94. The molecule has 0 bridgehead atoms. The van der Waals surface area contributed by atoms with Gasteiger partial charge < -0.3 is 9.47 Å². The second-order valence-electron chi connectivity index (χ2n) is 3.05. The number of esters is 2. The number of ether oxygens (including phenoxy) is 2. The third kappa shape index (κ3) is 5.06. The molecule has 0 N–H and O–H groups in total. The summed E-state index contributed by atoms with van der Waals surface area (Å²) in [6.45, 7) is 0. The van der Waals surface area contributed by atoms with E-state index < -0.39 is 17.9 Å². The van der Waals surface area contributed by atoms with Crippen LogP contribution in [-0.4, -0.2) is 26.2 Å². The molecular weight excluding hydrogens is 196 g/mol. The average molecular weight is 212 g/mol. The normalized spacial score (nSPS) is 9.47. The Balaban J connectivity index is 4.09. The molecule has 15 heavy (non-hydrogen) atoms. The molecule has 0 spiro atoms. The third-order valence-corrected chi connectivity index (χ3v) is 2.04. The first-order valence-corrected chi connectivity index (χ1v) is 4.76. The summed E-state index contributed by atoms with van der Waals surface area (Å²) in [5, 5.41) is 0. The predicted octanol–water partition coefficient (Wildman–Crippen LogP) is 1.14. The Kier molecular flexibility index (Phi) is 7.08. The average Bonchev–Trinajstić information content (AvgIpc) is 2.27. The van der Waals surface area contributed by atoms with Gasteiger partial charge >= 0.3 is 11.9 Å². The highest BCUT2D eigenvalue weighted by Crippen LogP contribution is 2.13. The van der Waals surface area contributed by atoms with Gasteiger partial charge in [0.05, 0.1) is 14.2 Å². The molecule has 0 atom stereocenters. The van der Waals surface area contributed by atoms with Gasteiger partial charge in [-0.25, -0.2) is 0 Å². The zero-order valence-corrected chi connectivity index (χ0v) is 9.12. The van der Waals surface area contributed by atoms with Crippen molar-refractivity contribution >= 4 is 11.9 Å². The van der Waals surface area contributed by atoms with Crippen molar-refractivity contribution in [3.05, 3.63) is 0 Å². The number of rotatable bonds is 6. The van der Waals surface area contributed by atoms with Crippen LogP contribution in [0.2, 0.25) is 0 Å². The van der Waals surface area contributed by atoms with Gasteiger partial charge in [-0.15, -0.1) is 12.3 Å². The Hall–Kier alpha value is -1.50. The molecule has 0 aliphatic heterocycles. The van der Waals surface area contributed by atoms with Crippen molar-refractivity contribution in [2.24, 2.45) is 5.92 Å². The summed E-state index contributed by atoms with van der Waals surface area (Å²) in [4.78, 5) is 22.4. The zero-order chi connectivity index (χ0) is 11.7. The summed E-state index contributed by atoms with van der Waals surface area (Å²) in [6, 6.07) is 0. The maximum absolute atomic E-state index is 11.2. The summed E-state index contributed by atoms with van der Waals surface area (Å²) >= 11 is 0. The summed E-state index contributed by atoms with van der Waals surface area (Å²) in [5.74, 6) is 0.568. The van der Waals surface area contributed by atoms with Gasteiger partial charge in [-0.05, 0) is 12.8 Å². The fraction of sp³-hybridized carbons (Fsp3) is 0.636. The predicted molar refractivity (Wildman–Crippen MR) is 54.8 cm³/mol. The van der Waals surface area contributed by atoms with Crippen LogP contribution in [0, 0.1) is 18.3 Å².